The van der Waals surface area contributed by atoms with Gasteiger partial charge in [-0.3, -0.25) is 29.4 Å². The molecule has 4 amide bonds. The van der Waals surface area contributed by atoms with E-state index in [0.717, 1.165) is 16.9 Å². The summed E-state index contributed by atoms with van der Waals surface area (Å²) in [6, 6.07) is 4.14. The maximum absolute atomic E-state index is 12.7. The van der Waals surface area contributed by atoms with E-state index in [-0.39, 0.29) is 25.0 Å². The fourth-order valence-electron chi connectivity index (χ4n) is 3.18. The second-order valence-corrected chi connectivity index (χ2v) is 6.19. The SMILES string of the molecule is C#CCOCCCc1ccc2c(c1)C(=O)N(C1CCC(=O)NC1=O)C2=O. The molecule has 1 N–H and O–H groups in total. The van der Waals surface area contributed by atoms with Crippen molar-refractivity contribution in [2.45, 2.75) is 31.7 Å². The van der Waals surface area contributed by atoms with E-state index in [2.05, 4.69) is 11.2 Å². The number of nitrogens with zero attached hydrogens (tertiary/aromatic N) is 1. The first-order valence-electron chi connectivity index (χ1n) is 8.38. The molecule has 1 aromatic carbocycles. The number of hydrogen-bond acceptors (Lipinski definition) is 5. The van der Waals surface area contributed by atoms with Crippen LogP contribution in [0.2, 0.25) is 0 Å². The lowest BCUT2D eigenvalue weighted by molar-refractivity contribution is -0.136. The second-order valence-electron chi connectivity index (χ2n) is 6.19. The Morgan fingerprint density at radius 3 is 2.69 bits per heavy atom. The number of piperidine rings is 1. The molecule has 2 aliphatic rings. The van der Waals surface area contributed by atoms with Gasteiger partial charge in [0.25, 0.3) is 11.8 Å². The molecule has 2 aliphatic heterocycles. The van der Waals surface area contributed by atoms with Crippen molar-refractivity contribution in [3.8, 4) is 12.3 Å². The number of ether oxygens (including phenoxy) is 1. The Kier molecular flexibility index (Phi) is 5.14. The molecule has 1 fully saturated rings. The largest absolute Gasteiger partial charge is 0.369 e. The van der Waals surface area contributed by atoms with E-state index >= 15 is 0 Å². The summed E-state index contributed by atoms with van der Waals surface area (Å²) >= 11 is 0. The fraction of sp³-hybridized carbons (Fsp3) is 0.368. The van der Waals surface area contributed by atoms with Crippen LogP contribution < -0.4 is 5.32 Å². The van der Waals surface area contributed by atoms with Gasteiger partial charge in [-0.05, 0) is 37.0 Å². The summed E-state index contributed by atoms with van der Waals surface area (Å²) in [4.78, 5) is 49.5. The van der Waals surface area contributed by atoms with Gasteiger partial charge in [0.2, 0.25) is 11.8 Å². The molecule has 0 radical (unpaired) electrons. The van der Waals surface area contributed by atoms with Gasteiger partial charge in [-0.15, -0.1) is 6.42 Å². The summed E-state index contributed by atoms with van der Waals surface area (Å²) in [5.74, 6) is 0.396. The van der Waals surface area contributed by atoms with Gasteiger partial charge < -0.3 is 4.74 Å². The highest BCUT2D eigenvalue weighted by Crippen LogP contribution is 2.28. The van der Waals surface area contributed by atoms with Gasteiger partial charge in [0.05, 0.1) is 11.1 Å². The molecular formula is C19H18N2O5. The van der Waals surface area contributed by atoms with E-state index in [1.54, 1.807) is 18.2 Å². The van der Waals surface area contributed by atoms with Gasteiger partial charge in [0.15, 0.2) is 0 Å². The predicted molar refractivity (Wildman–Crippen MR) is 91.1 cm³/mol. The van der Waals surface area contributed by atoms with Crippen molar-refractivity contribution in [1.82, 2.24) is 10.2 Å². The number of terminal acetylenes is 1. The van der Waals surface area contributed by atoms with Crippen molar-refractivity contribution < 1.29 is 23.9 Å². The number of aryl methyl sites for hydroxylation is 1. The lowest BCUT2D eigenvalue weighted by Gasteiger charge is -2.27. The summed E-state index contributed by atoms with van der Waals surface area (Å²) < 4.78 is 5.21. The molecule has 134 valence electrons. The number of fused-ring (bicyclic) bond motifs is 1. The quantitative estimate of drug-likeness (QED) is 0.460. The van der Waals surface area contributed by atoms with Gasteiger partial charge >= 0.3 is 0 Å². The third-order valence-electron chi connectivity index (χ3n) is 4.44. The van der Waals surface area contributed by atoms with E-state index in [1.165, 1.54) is 0 Å². The van der Waals surface area contributed by atoms with Gasteiger partial charge in [0, 0.05) is 13.0 Å². The van der Waals surface area contributed by atoms with Crippen LogP contribution in [0.15, 0.2) is 18.2 Å². The number of benzene rings is 1. The third kappa shape index (κ3) is 3.37. The van der Waals surface area contributed by atoms with Gasteiger partial charge in [-0.1, -0.05) is 12.0 Å². The van der Waals surface area contributed by atoms with Crippen molar-refractivity contribution in [3.63, 3.8) is 0 Å². The standard InChI is InChI=1S/C19H18N2O5/c1-2-9-26-10-3-4-12-5-6-13-14(11-12)19(25)21(18(13)24)15-7-8-16(22)20-17(15)23/h1,5-6,11,15H,3-4,7-10H2,(H,20,22,23). The summed E-state index contributed by atoms with van der Waals surface area (Å²) in [5, 5.41) is 2.18. The predicted octanol–water partition coefficient (Wildman–Crippen LogP) is 0.670. The number of rotatable bonds is 6. The molecule has 0 bridgehead atoms. The van der Waals surface area contributed by atoms with Crippen LogP contribution in [0, 0.1) is 12.3 Å². The van der Waals surface area contributed by atoms with Crippen molar-refractivity contribution in [3.05, 3.63) is 34.9 Å². The Bertz CT molecular complexity index is 824. The Balaban J connectivity index is 1.72. The molecule has 26 heavy (non-hydrogen) atoms. The van der Waals surface area contributed by atoms with Crippen molar-refractivity contribution in [2.24, 2.45) is 0 Å². The topological polar surface area (TPSA) is 92.8 Å². The molecule has 1 aromatic rings. The highest BCUT2D eigenvalue weighted by atomic mass is 16.5. The average molecular weight is 354 g/mol. The van der Waals surface area contributed by atoms with Crippen molar-refractivity contribution in [1.29, 1.82) is 0 Å². The molecule has 2 heterocycles. The van der Waals surface area contributed by atoms with Gasteiger partial charge in [0.1, 0.15) is 12.6 Å². The number of nitrogens with one attached hydrogen (secondary N) is 1. The number of amides is 4. The molecular weight excluding hydrogens is 336 g/mol. The summed E-state index contributed by atoms with van der Waals surface area (Å²) in [6.07, 6.45) is 6.77. The molecule has 1 atom stereocenters. The Labute approximate surface area is 150 Å². The molecule has 0 aliphatic carbocycles. The van der Waals surface area contributed by atoms with E-state index < -0.39 is 29.7 Å². The minimum absolute atomic E-state index is 0.104. The second kappa shape index (κ2) is 7.50. The lowest BCUT2D eigenvalue weighted by atomic mass is 10.0. The first-order chi connectivity index (χ1) is 12.5. The van der Waals surface area contributed by atoms with Crippen LogP contribution in [-0.4, -0.2) is 47.8 Å². The lowest BCUT2D eigenvalue weighted by Crippen LogP contribution is -2.54. The molecule has 1 saturated heterocycles. The number of imide groups is 2. The first kappa shape index (κ1) is 17.8. The minimum atomic E-state index is -0.944. The summed E-state index contributed by atoms with van der Waals surface area (Å²) in [6.45, 7) is 0.772. The van der Waals surface area contributed by atoms with Crippen molar-refractivity contribution in [2.75, 3.05) is 13.2 Å². The highest BCUT2D eigenvalue weighted by molar-refractivity contribution is 6.23. The van der Waals surface area contributed by atoms with E-state index in [0.29, 0.717) is 18.6 Å². The summed E-state index contributed by atoms with van der Waals surface area (Å²) in [7, 11) is 0. The van der Waals surface area contributed by atoms with Gasteiger partial charge in [-0.2, -0.15) is 0 Å². The number of carbonyl (C=O) groups excluding carboxylic acids is 4. The molecule has 3 rings (SSSR count). The van der Waals surface area contributed by atoms with Crippen LogP contribution in [0.3, 0.4) is 0 Å². The zero-order chi connectivity index (χ0) is 18.7. The average Bonchev–Trinajstić information content (AvgIpc) is 2.86. The van der Waals surface area contributed by atoms with Crippen LogP contribution in [-0.2, 0) is 20.7 Å². The first-order valence-corrected chi connectivity index (χ1v) is 8.38. The summed E-state index contributed by atoms with van der Waals surface area (Å²) in [5.41, 5.74) is 1.48. The van der Waals surface area contributed by atoms with Crippen LogP contribution >= 0.6 is 0 Å². The van der Waals surface area contributed by atoms with Crippen LogP contribution in [0.4, 0.5) is 0 Å². The molecule has 0 saturated carbocycles. The maximum Gasteiger partial charge on any atom is 0.262 e. The van der Waals surface area contributed by atoms with Crippen LogP contribution in [0.5, 0.6) is 0 Å². The fourth-order valence-corrected chi connectivity index (χ4v) is 3.18. The number of carbonyl (C=O) groups is 4. The smallest absolute Gasteiger partial charge is 0.262 e. The van der Waals surface area contributed by atoms with Crippen LogP contribution in [0.1, 0.15) is 45.5 Å². The van der Waals surface area contributed by atoms with Crippen molar-refractivity contribution >= 4 is 23.6 Å². The third-order valence-corrected chi connectivity index (χ3v) is 4.44. The maximum atomic E-state index is 12.7. The Morgan fingerprint density at radius 2 is 1.96 bits per heavy atom. The normalized spacial score (nSPS) is 19.3. The Hall–Kier alpha value is -2.98. The highest BCUT2D eigenvalue weighted by Gasteiger charge is 2.44. The molecule has 7 nitrogen and oxygen atoms in total. The van der Waals surface area contributed by atoms with E-state index in [1.807, 2.05) is 0 Å². The van der Waals surface area contributed by atoms with E-state index in [4.69, 9.17) is 11.2 Å². The van der Waals surface area contributed by atoms with Crippen LogP contribution in [0.25, 0.3) is 0 Å². The zero-order valence-corrected chi connectivity index (χ0v) is 14.1. The number of hydrogen-bond donors (Lipinski definition) is 1. The molecule has 0 spiro atoms. The molecule has 7 heteroatoms. The molecule has 1 unspecified atom stereocenters. The monoisotopic (exact) mass is 354 g/mol. The van der Waals surface area contributed by atoms with E-state index in [9.17, 15) is 19.2 Å². The Morgan fingerprint density at radius 1 is 1.19 bits per heavy atom. The minimum Gasteiger partial charge on any atom is -0.369 e. The molecule has 0 aromatic heterocycles. The zero-order valence-electron chi connectivity index (χ0n) is 14.1. The van der Waals surface area contributed by atoms with Gasteiger partial charge in [-0.25, -0.2) is 0 Å².